The van der Waals surface area contributed by atoms with E-state index in [9.17, 15) is 0 Å². The van der Waals surface area contributed by atoms with Crippen molar-refractivity contribution < 1.29 is 0 Å². The lowest BCUT2D eigenvalue weighted by Gasteiger charge is -2.06. The summed E-state index contributed by atoms with van der Waals surface area (Å²) >= 11 is 12.0. The second-order valence-electron chi connectivity index (χ2n) is 4.02. The Morgan fingerprint density at radius 3 is 2.57 bits per heavy atom. The van der Waals surface area contributed by atoms with Gasteiger partial charge in [-0.2, -0.15) is 0 Å². The Balaban J connectivity index is 2.53. The molecule has 0 N–H and O–H groups in total. The van der Waals surface area contributed by atoms with Gasteiger partial charge in [0.2, 0.25) is 0 Å². The molecule has 1 aromatic carbocycles. The molecule has 0 heterocycles. The van der Waals surface area contributed by atoms with Crippen LogP contribution in [0.3, 0.4) is 0 Å². The van der Waals surface area contributed by atoms with Crippen molar-refractivity contribution in [3.8, 4) is 0 Å². The van der Waals surface area contributed by atoms with Gasteiger partial charge in [-0.15, -0.1) is 0 Å². The topological polar surface area (TPSA) is 0 Å². The highest BCUT2D eigenvalue weighted by atomic mass is 35.5. The van der Waals surface area contributed by atoms with Gasteiger partial charge in [0.1, 0.15) is 0 Å². The number of hydrogen-bond acceptors (Lipinski definition) is 0. The Morgan fingerprint density at radius 1 is 1.21 bits per heavy atom. The van der Waals surface area contributed by atoms with Crippen LogP contribution in [0.1, 0.15) is 32.3 Å². The van der Waals surface area contributed by atoms with Crippen molar-refractivity contribution in [2.75, 3.05) is 0 Å². The maximum atomic E-state index is 6.05. The molecule has 0 radical (unpaired) electrons. The number of halogens is 2. The van der Waals surface area contributed by atoms with Crippen LogP contribution in [-0.4, -0.2) is 0 Å². The molecule has 0 aliphatic rings. The quantitative estimate of drug-likeness (QED) is 0.686. The average Bonchev–Trinajstić information content (AvgIpc) is 2.10. The van der Waals surface area contributed by atoms with Gasteiger partial charge in [0.15, 0.2) is 0 Å². The van der Waals surface area contributed by atoms with E-state index in [2.05, 4.69) is 13.8 Å². The lowest BCUT2D eigenvalue weighted by Crippen LogP contribution is -1.91. The Hall–Kier alpha value is -0.200. The zero-order valence-corrected chi connectivity index (χ0v) is 10.2. The van der Waals surface area contributed by atoms with Crippen LogP contribution in [0.4, 0.5) is 0 Å². The van der Waals surface area contributed by atoms with Gasteiger partial charge >= 0.3 is 0 Å². The van der Waals surface area contributed by atoms with Crippen LogP contribution in [-0.2, 0) is 6.42 Å². The van der Waals surface area contributed by atoms with Crippen molar-refractivity contribution >= 4 is 23.2 Å². The number of rotatable bonds is 4. The first-order valence-corrected chi connectivity index (χ1v) is 5.79. The highest BCUT2D eigenvalue weighted by molar-refractivity contribution is 6.33. The average molecular weight is 231 g/mol. The summed E-state index contributed by atoms with van der Waals surface area (Å²) in [6, 6.07) is 5.66. The molecule has 0 atom stereocenters. The van der Waals surface area contributed by atoms with Crippen molar-refractivity contribution in [1.82, 2.24) is 0 Å². The molecular formula is C12H16Cl2. The van der Waals surface area contributed by atoms with Crippen molar-refractivity contribution in [3.63, 3.8) is 0 Å². The molecule has 0 aromatic heterocycles. The van der Waals surface area contributed by atoms with Crippen LogP contribution in [0, 0.1) is 5.92 Å². The van der Waals surface area contributed by atoms with E-state index in [-0.39, 0.29) is 0 Å². The third-order valence-electron chi connectivity index (χ3n) is 2.24. The monoisotopic (exact) mass is 230 g/mol. The first-order valence-electron chi connectivity index (χ1n) is 5.03. The minimum Gasteiger partial charge on any atom is -0.0843 e. The molecule has 1 rings (SSSR count). The van der Waals surface area contributed by atoms with Crippen molar-refractivity contribution in [1.29, 1.82) is 0 Å². The molecule has 0 bridgehead atoms. The second kappa shape index (κ2) is 5.63. The lowest BCUT2D eigenvalue weighted by molar-refractivity contribution is 0.556. The van der Waals surface area contributed by atoms with E-state index in [1.54, 1.807) is 0 Å². The zero-order valence-electron chi connectivity index (χ0n) is 8.69. The molecule has 0 aliphatic heterocycles. The molecule has 0 saturated carbocycles. The molecule has 0 saturated heterocycles. The maximum absolute atomic E-state index is 6.05. The van der Waals surface area contributed by atoms with Gasteiger partial charge in [-0.3, -0.25) is 0 Å². The summed E-state index contributed by atoms with van der Waals surface area (Å²) in [6.45, 7) is 4.47. The van der Waals surface area contributed by atoms with Crippen LogP contribution in [0.15, 0.2) is 18.2 Å². The van der Waals surface area contributed by atoms with Crippen molar-refractivity contribution in [2.24, 2.45) is 5.92 Å². The summed E-state index contributed by atoms with van der Waals surface area (Å²) in [4.78, 5) is 0. The normalized spacial score (nSPS) is 10.9. The smallest absolute Gasteiger partial charge is 0.0439 e. The van der Waals surface area contributed by atoms with Crippen LogP contribution in [0.5, 0.6) is 0 Å². The highest BCUT2D eigenvalue weighted by Crippen LogP contribution is 2.22. The third-order valence-corrected chi connectivity index (χ3v) is 2.84. The van der Waals surface area contributed by atoms with Crippen LogP contribution in [0.2, 0.25) is 10.0 Å². The van der Waals surface area contributed by atoms with E-state index in [0.717, 1.165) is 22.4 Å². The molecule has 0 fully saturated rings. The van der Waals surface area contributed by atoms with Crippen LogP contribution < -0.4 is 0 Å². The van der Waals surface area contributed by atoms with E-state index >= 15 is 0 Å². The van der Waals surface area contributed by atoms with E-state index in [0.29, 0.717) is 0 Å². The van der Waals surface area contributed by atoms with Crippen LogP contribution in [0.25, 0.3) is 0 Å². The molecule has 0 aliphatic carbocycles. The first-order chi connectivity index (χ1) is 6.59. The Bertz CT molecular complexity index is 292. The summed E-state index contributed by atoms with van der Waals surface area (Å²) in [5.41, 5.74) is 1.17. The number of hydrogen-bond donors (Lipinski definition) is 0. The second-order valence-corrected chi connectivity index (χ2v) is 4.87. The van der Waals surface area contributed by atoms with Gasteiger partial charge in [-0.1, -0.05) is 43.5 Å². The minimum atomic E-state index is 0.757. The van der Waals surface area contributed by atoms with Gasteiger partial charge in [0, 0.05) is 10.0 Å². The predicted molar refractivity (Wildman–Crippen MR) is 64.2 cm³/mol. The van der Waals surface area contributed by atoms with Crippen LogP contribution >= 0.6 is 23.2 Å². The van der Waals surface area contributed by atoms with E-state index < -0.39 is 0 Å². The fraction of sp³-hybridized carbons (Fsp3) is 0.500. The minimum absolute atomic E-state index is 0.757. The van der Waals surface area contributed by atoms with E-state index in [4.69, 9.17) is 23.2 Å². The molecule has 0 nitrogen and oxygen atoms in total. The van der Waals surface area contributed by atoms with Gasteiger partial charge in [0.25, 0.3) is 0 Å². The summed E-state index contributed by atoms with van der Waals surface area (Å²) in [6.07, 6.45) is 3.44. The number of aryl methyl sites for hydroxylation is 1. The van der Waals surface area contributed by atoms with E-state index in [1.807, 2.05) is 18.2 Å². The number of benzene rings is 1. The highest BCUT2D eigenvalue weighted by Gasteiger charge is 2.02. The largest absolute Gasteiger partial charge is 0.0843 e. The SMILES string of the molecule is CC(C)CCCc1cc(Cl)ccc1Cl. The zero-order chi connectivity index (χ0) is 10.6. The molecule has 0 unspecified atom stereocenters. The molecule has 0 spiro atoms. The molecule has 0 amide bonds. The third kappa shape index (κ3) is 3.89. The fourth-order valence-corrected chi connectivity index (χ4v) is 1.84. The standard InChI is InChI=1S/C12H16Cl2/c1-9(2)4-3-5-10-8-11(13)6-7-12(10)14/h6-9H,3-5H2,1-2H3. The summed E-state index contributed by atoms with van der Waals surface area (Å²) in [5, 5.41) is 1.60. The Kier molecular flexibility index (Phi) is 4.77. The summed E-state index contributed by atoms with van der Waals surface area (Å²) in [5.74, 6) is 0.757. The first kappa shape index (κ1) is 11.9. The summed E-state index contributed by atoms with van der Waals surface area (Å²) < 4.78 is 0. The molecule has 1 aromatic rings. The van der Waals surface area contributed by atoms with Gasteiger partial charge in [0.05, 0.1) is 0 Å². The van der Waals surface area contributed by atoms with Gasteiger partial charge in [-0.05, 0) is 42.5 Å². The lowest BCUT2D eigenvalue weighted by atomic mass is 10.0. The Labute approximate surface area is 96.2 Å². The molecule has 2 heteroatoms. The fourth-order valence-electron chi connectivity index (χ4n) is 1.44. The predicted octanol–water partition coefficient (Wildman–Crippen LogP) is 4.97. The van der Waals surface area contributed by atoms with Crippen molar-refractivity contribution in [2.45, 2.75) is 33.1 Å². The molecule has 78 valence electrons. The molecule has 14 heavy (non-hydrogen) atoms. The molecular weight excluding hydrogens is 215 g/mol. The van der Waals surface area contributed by atoms with Gasteiger partial charge in [-0.25, -0.2) is 0 Å². The van der Waals surface area contributed by atoms with Gasteiger partial charge < -0.3 is 0 Å². The maximum Gasteiger partial charge on any atom is 0.0439 e. The van der Waals surface area contributed by atoms with E-state index in [1.165, 1.54) is 18.4 Å². The van der Waals surface area contributed by atoms with Crippen molar-refractivity contribution in [3.05, 3.63) is 33.8 Å². The summed E-state index contributed by atoms with van der Waals surface area (Å²) in [7, 11) is 0. The Morgan fingerprint density at radius 2 is 1.93 bits per heavy atom.